The minimum absolute atomic E-state index is 0.144. The first kappa shape index (κ1) is 15.7. The lowest BCUT2D eigenvalue weighted by molar-refractivity contribution is -0.141. The standard InChI is InChI=1S/C16H25NO2/c1-5-6-13-7-9-14(10-8-13)15(17(2)3)11-12-16(18)19-4/h7-10,15H,5-6,11-12H2,1-4H3. The Morgan fingerprint density at radius 2 is 1.89 bits per heavy atom. The minimum atomic E-state index is -0.144. The summed E-state index contributed by atoms with van der Waals surface area (Å²) in [5, 5.41) is 0. The molecule has 1 rings (SSSR count). The molecule has 19 heavy (non-hydrogen) atoms. The van der Waals surface area contributed by atoms with Crippen molar-refractivity contribution in [3.8, 4) is 0 Å². The third-order valence-corrected chi connectivity index (χ3v) is 3.38. The molecule has 0 radical (unpaired) electrons. The SMILES string of the molecule is CCCc1ccc(C(CCC(=O)OC)N(C)C)cc1. The highest BCUT2D eigenvalue weighted by atomic mass is 16.5. The average Bonchev–Trinajstić information content (AvgIpc) is 2.40. The molecule has 0 spiro atoms. The van der Waals surface area contributed by atoms with Gasteiger partial charge in [0.2, 0.25) is 0 Å². The van der Waals surface area contributed by atoms with Crippen LogP contribution in [0.2, 0.25) is 0 Å². The number of methoxy groups -OCH3 is 1. The molecule has 1 aromatic rings. The van der Waals surface area contributed by atoms with Crippen LogP contribution in [0.25, 0.3) is 0 Å². The van der Waals surface area contributed by atoms with Crippen LogP contribution in [0.15, 0.2) is 24.3 Å². The van der Waals surface area contributed by atoms with Gasteiger partial charge in [0.05, 0.1) is 7.11 Å². The fraction of sp³-hybridized carbons (Fsp3) is 0.562. The largest absolute Gasteiger partial charge is 0.469 e. The highest BCUT2D eigenvalue weighted by Gasteiger charge is 2.15. The molecule has 0 saturated carbocycles. The van der Waals surface area contributed by atoms with Crippen molar-refractivity contribution in [1.82, 2.24) is 4.90 Å². The molecule has 0 aromatic heterocycles. The van der Waals surface area contributed by atoms with Crippen molar-refractivity contribution >= 4 is 5.97 Å². The van der Waals surface area contributed by atoms with Gasteiger partial charge in [-0.15, -0.1) is 0 Å². The molecule has 3 heteroatoms. The number of hydrogen-bond donors (Lipinski definition) is 0. The molecule has 0 amide bonds. The van der Waals surface area contributed by atoms with Gasteiger partial charge in [-0.1, -0.05) is 37.6 Å². The lowest BCUT2D eigenvalue weighted by Crippen LogP contribution is -2.21. The molecule has 0 saturated heterocycles. The van der Waals surface area contributed by atoms with Crippen LogP contribution in [0.3, 0.4) is 0 Å². The molecule has 1 atom stereocenters. The summed E-state index contributed by atoms with van der Waals surface area (Å²) < 4.78 is 4.71. The van der Waals surface area contributed by atoms with Crippen LogP contribution < -0.4 is 0 Å². The molecule has 0 aliphatic heterocycles. The van der Waals surface area contributed by atoms with Crippen LogP contribution in [-0.2, 0) is 16.0 Å². The Kier molecular flexibility index (Phi) is 6.57. The van der Waals surface area contributed by atoms with Crippen LogP contribution in [0, 0.1) is 0 Å². The molecule has 106 valence electrons. The Bertz CT molecular complexity index is 384. The second-order valence-electron chi connectivity index (χ2n) is 5.09. The van der Waals surface area contributed by atoms with Gasteiger partial charge in [0.15, 0.2) is 0 Å². The molecule has 0 bridgehead atoms. The second kappa shape index (κ2) is 7.95. The van der Waals surface area contributed by atoms with Crippen molar-refractivity contribution < 1.29 is 9.53 Å². The quantitative estimate of drug-likeness (QED) is 0.708. The lowest BCUT2D eigenvalue weighted by Gasteiger charge is -2.24. The topological polar surface area (TPSA) is 29.5 Å². The van der Waals surface area contributed by atoms with E-state index < -0.39 is 0 Å². The first-order valence-electron chi connectivity index (χ1n) is 6.90. The Balaban J connectivity index is 2.72. The number of ether oxygens (including phenoxy) is 1. The summed E-state index contributed by atoms with van der Waals surface area (Å²) in [5.74, 6) is -0.144. The van der Waals surface area contributed by atoms with E-state index in [0.29, 0.717) is 6.42 Å². The maximum Gasteiger partial charge on any atom is 0.305 e. The van der Waals surface area contributed by atoms with Crippen LogP contribution in [0.5, 0.6) is 0 Å². The third-order valence-electron chi connectivity index (χ3n) is 3.38. The molecule has 0 heterocycles. The normalized spacial score (nSPS) is 12.5. The molecule has 1 aromatic carbocycles. The number of carbonyl (C=O) groups is 1. The smallest absolute Gasteiger partial charge is 0.305 e. The van der Waals surface area contributed by atoms with Crippen molar-refractivity contribution in [2.75, 3.05) is 21.2 Å². The fourth-order valence-corrected chi connectivity index (χ4v) is 2.27. The average molecular weight is 263 g/mol. The molecule has 0 aliphatic carbocycles. The van der Waals surface area contributed by atoms with Gasteiger partial charge in [-0.3, -0.25) is 4.79 Å². The summed E-state index contributed by atoms with van der Waals surface area (Å²) in [4.78, 5) is 13.4. The van der Waals surface area contributed by atoms with Crippen LogP contribution in [-0.4, -0.2) is 32.1 Å². The molecular formula is C16H25NO2. The zero-order valence-electron chi connectivity index (χ0n) is 12.5. The Morgan fingerprint density at radius 1 is 1.26 bits per heavy atom. The zero-order chi connectivity index (χ0) is 14.3. The van der Waals surface area contributed by atoms with Crippen molar-refractivity contribution in [3.63, 3.8) is 0 Å². The number of rotatable bonds is 7. The van der Waals surface area contributed by atoms with Gasteiger partial charge in [-0.2, -0.15) is 0 Å². The molecular weight excluding hydrogens is 238 g/mol. The van der Waals surface area contributed by atoms with E-state index in [0.717, 1.165) is 12.8 Å². The maximum absolute atomic E-state index is 11.3. The van der Waals surface area contributed by atoms with Crippen LogP contribution in [0.4, 0.5) is 0 Å². The van der Waals surface area contributed by atoms with Gasteiger partial charge in [0.25, 0.3) is 0 Å². The van der Waals surface area contributed by atoms with E-state index in [2.05, 4.69) is 36.1 Å². The summed E-state index contributed by atoms with van der Waals surface area (Å²) in [5.41, 5.74) is 2.63. The Morgan fingerprint density at radius 3 is 2.37 bits per heavy atom. The van der Waals surface area contributed by atoms with Gasteiger partial charge in [0.1, 0.15) is 0 Å². The van der Waals surface area contributed by atoms with E-state index in [1.54, 1.807) is 0 Å². The van der Waals surface area contributed by atoms with Crippen molar-refractivity contribution in [1.29, 1.82) is 0 Å². The maximum atomic E-state index is 11.3. The number of esters is 1. The summed E-state index contributed by atoms with van der Waals surface area (Å²) in [6.07, 6.45) is 3.52. The van der Waals surface area contributed by atoms with E-state index in [9.17, 15) is 4.79 Å². The van der Waals surface area contributed by atoms with Gasteiger partial charge >= 0.3 is 5.97 Å². The predicted molar refractivity (Wildman–Crippen MR) is 78.1 cm³/mol. The second-order valence-corrected chi connectivity index (χ2v) is 5.09. The zero-order valence-corrected chi connectivity index (χ0v) is 12.5. The molecule has 0 aliphatic rings. The molecule has 1 unspecified atom stereocenters. The van der Waals surface area contributed by atoms with Gasteiger partial charge in [-0.05, 0) is 38.1 Å². The van der Waals surface area contributed by atoms with E-state index in [-0.39, 0.29) is 12.0 Å². The molecule has 3 nitrogen and oxygen atoms in total. The number of hydrogen-bond acceptors (Lipinski definition) is 3. The van der Waals surface area contributed by atoms with E-state index in [1.165, 1.54) is 24.7 Å². The Labute approximate surface area is 116 Å². The highest BCUT2D eigenvalue weighted by Crippen LogP contribution is 2.24. The summed E-state index contributed by atoms with van der Waals surface area (Å²) in [6, 6.07) is 8.98. The lowest BCUT2D eigenvalue weighted by atomic mass is 9.98. The Hall–Kier alpha value is -1.35. The molecule has 0 fully saturated rings. The highest BCUT2D eigenvalue weighted by molar-refractivity contribution is 5.69. The summed E-state index contributed by atoms with van der Waals surface area (Å²) in [6.45, 7) is 2.19. The third kappa shape index (κ3) is 5.03. The van der Waals surface area contributed by atoms with Crippen molar-refractivity contribution in [2.24, 2.45) is 0 Å². The first-order valence-corrected chi connectivity index (χ1v) is 6.90. The molecule has 0 N–H and O–H groups in total. The van der Waals surface area contributed by atoms with Gasteiger partial charge in [0, 0.05) is 12.5 Å². The summed E-state index contributed by atoms with van der Waals surface area (Å²) >= 11 is 0. The number of carbonyl (C=O) groups excluding carboxylic acids is 1. The van der Waals surface area contributed by atoms with E-state index in [1.807, 2.05) is 14.1 Å². The first-order chi connectivity index (χ1) is 9.08. The fourth-order valence-electron chi connectivity index (χ4n) is 2.27. The number of benzene rings is 1. The van der Waals surface area contributed by atoms with E-state index >= 15 is 0 Å². The van der Waals surface area contributed by atoms with E-state index in [4.69, 9.17) is 4.74 Å². The number of nitrogens with zero attached hydrogens (tertiary/aromatic N) is 1. The van der Waals surface area contributed by atoms with Crippen molar-refractivity contribution in [2.45, 2.75) is 38.6 Å². The number of aryl methyl sites for hydroxylation is 1. The van der Waals surface area contributed by atoms with Gasteiger partial charge in [-0.25, -0.2) is 0 Å². The van der Waals surface area contributed by atoms with Crippen LogP contribution >= 0.6 is 0 Å². The predicted octanol–water partition coefficient (Wildman–Crippen LogP) is 3.20. The van der Waals surface area contributed by atoms with Gasteiger partial charge < -0.3 is 9.64 Å². The van der Waals surface area contributed by atoms with Crippen LogP contribution in [0.1, 0.15) is 43.4 Å². The summed E-state index contributed by atoms with van der Waals surface area (Å²) in [7, 11) is 5.52. The van der Waals surface area contributed by atoms with Crippen molar-refractivity contribution in [3.05, 3.63) is 35.4 Å². The minimum Gasteiger partial charge on any atom is -0.469 e. The monoisotopic (exact) mass is 263 g/mol.